The summed E-state index contributed by atoms with van der Waals surface area (Å²) < 4.78 is 67.7. The number of alkyl halides is 3. The zero-order valence-corrected chi connectivity index (χ0v) is 19.9. The fraction of sp³-hybridized carbons (Fsp3) is 0.182. The van der Waals surface area contributed by atoms with Crippen LogP contribution >= 0.6 is 0 Å². The quantitative estimate of drug-likeness (QED) is 0.278. The van der Waals surface area contributed by atoms with Crippen LogP contribution in [0.1, 0.15) is 16.7 Å². The average Bonchev–Trinajstić information content (AvgIpc) is 2.66. The molecule has 0 heterocycles. The van der Waals surface area contributed by atoms with Gasteiger partial charge in [0.15, 0.2) is 17.3 Å². The van der Waals surface area contributed by atoms with Crippen molar-refractivity contribution in [2.24, 2.45) is 0 Å². The Labute approximate surface area is 190 Å². The van der Waals surface area contributed by atoms with Crippen LogP contribution in [0.3, 0.4) is 0 Å². The fourth-order valence-electron chi connectivity index (χ4n) is 2.61. The highest BCUT2D eigenvalue weighted by Gasteiger charge is 2.36. The van der Waals surface area contributed by atoms with Gasteiger partial charge in [0, 0.05) is 11.1 Å². The van der Waals surface area contributed by atoms with Gasteiger partial charge in [-0.05, 0) is 57.2 Å². The number of hydrogen-bond acceptors (Lipinski definition) is 4. The summed E-state index contributed by atoms with van der Waals surface area (Å²) >= 11 is -0.156. The van der Waals surface area contributed by atoms with Crippen LogP contribution in [0.4, 0.5) is 13.2 Å². The number of ether oxygens (including phenoxy) is 1. The Kier molecular flexibility index (Phi) is 8.49. The molecule has 0 spiro atoms. The van der Waals surface area contributed by atoms with E-state index in [9.17, 15) is 13.2 Å². The molecule has 3 rings (SSSR count). The second-order valence-corrected chi connectivity index (χ2v) is 10.8. The van der Waals surface area contributed by atoms with Gasteiger partial charge in [0.25, 0.3) is 0 Å². The number of halogens is 4. The first kappa shape index (κ1) is 25.2. The summed E-state index contributed by atoms with van der Waals surface area (Å²) in [5.74, 6) is 1.77. The van der Waals surface area contributed by atoms with Gasteiger partial charge < -0.3 is 9.29 Å². The molecule has 3 aromatic carbocycles. The van der Waals surface area contributed by atoms with Gasteiger partial charge in [0.05, 0.1) is 0 Å². The van der Waals surface area contributed by atoms with Crippen LogP contribution in [0.25, 0.3) is 0 Å². The van der Waals surface area contributed by atoms with Crippen molar-refractivity contribution in [1.29, 1.82) is 0 Å². The Hall–Kier alpha value is -2.11. The molecule has 0 fully saturated rings. The van der Waals surface area contributed by atoms with Crippen molar-refractivity contribution in [2.75, 3.05) is 0 Å². The van der Waals surface area contributed by atoms with Crippen LogP contribution in [0, 0.1) is 27.9 Å². The molecule has 166 valence electrons. The predicted molar refractivity (Wildman–Crippen MR) is 107 cm³/mol. The number of aryl methyl sites for hydroxylation is 3. The summed E-state index contributed by atoms with van der Waals surface area (Å²) in [6.07, 6.45) is 0. The third kappa shape index (κ3) is 7.82. The Morgan fingerprint density at radius 1 is 0.839 bits per heavy atom. The molecule has 0 saturated carbocycles. The Morgan fingerprint density at radius 3 is 1.74 bits per heavy atom. The molecule has 0 aliphatic heterocycles. The van der Waals surface area contributed by atoms with Crippen molar-refractivity contribution in [2.45, 2.75) is 26.3 Å². The fourth-order valence-corrected chi connectivity index (χ4v) is 5.11. The van der Waals surface area contributed by atoms with E-state index in [1.54, 1.807) is 0 Å². The monoisotopic (exact) mass is 564 g/mol. The molecule has 9 heteroatoms. The van der Waals surface area contributed by atoms with Gasteiger partial charge in [-0.1, -0.05) is 35.9 Å². The van der Waals surface area contributed by atoms with E-state index in [2.05, 4.69) is 57.2 Å². The molecule has 4 nitrogen and oxygen atoms in total. The lowest BCUT2D eigenvalue weighted by Gasteiger charge is -2.08. The van der Waals surface area contributed by atoms with Gasteiger partial charge in [-0.3, -0.25) is 0 Å². The van der Waals surface area contributed by atoms with Gasteiger partial charge in [-0.2, -0.15) is 13.2 Å². The molecular weight excluding hydrogens is 544 g/mol. The number of benzene rings is 3. The topological polar surface area (TPSA) is 66.4 Å². The molecule has 0 saturated heterocycles. The third-order valence-electron chi connectivity index (χ3n) is 3.86. The minimum absolute atomic E-state index is 0.156. The summed E-state index contributed by atoms with van der Waals surface area (Å²) in [5, 5.41) is 0. The molecule has 31 heavy (non-hydrogen) atoms. The molecule has 0 N–H and O–H groups in total. The maximum absolute atomic E-state index is 10.7. The predicted octanol–water partition coefficient (Wildman–Crippen LogP) is 2.58. The van der Waals surface area contributed by atoms with Crippen LogP contribution in [0.15, 0.2) is 66.7 Å². The summed E-state index contributed by atoms with van der Waals surface area (Å²) in [4.78, 5) is 0. The van der Waals surface area contributed by atoms with Gasteiger partial charge in [-0.25, -0.2) is 8.42 Å². The van der Waals surface area contributed by atoms with Crippen molar-refractivity contribution >= 4 is 10.1 Å². The minimum atomic E-state index is -6.09. The molecule has 0 bridgehead atoms. The SMILES string of the molecule is Cc1cc(C)c([I+]c2ccc(Oc3ccccc3)cc2)c(C)c1.O=S(=O)([O-])C(F)(F)F. The summed E-state index contributed by atoms with van der Waals surface area (Å²) in [5.41, 5.74) is -1.47. The zero-order chi connectivity index (χ0) is 23.2. The Bertz CT molecular complexity index is 1090. The lowest BCUT2D eigenvalue weighted by Crippen LogP contribution is -3.62. The van der Waals surface area contributed by atoms with E-state index in [4.69, 9.17) is 17.7 Å². The van der Waals surface area contributed by atoms with Crippen molar-refractivity contribution in [3.63, 3.8) is 0 Å². The highest BCUT2D eigenvalue weighted by molar-refractivity contribution is 7.86. The second kappa shape index (κ2) is 10.5. The first-order chi connectivity index (χ1) is 14.4. The second-order valence-electron chi connectivity index (χ2n) is 6.58. The van der Waals surface area contributed by atoms with E-state index in [1.807, 2.05) is 30.3 Å². The first-order valence-electron chi connectivity index (χ1n) is 8.94. The molecule has 3 aromatic rings. The third-order valence-corrected chi connectivity index (χ3v) is 8.01. The zero-order valence-electron chi connectivity index (χ0n) is 16.9. The van der Waals surface area contributed by atoms with Crippen LogP contribution in [-0.2, 0) is 10.1 Å². The van der Waals surface area contributed by atoms with E-state index in [0.717, 1.165) is 11.5 Å². The summed E-state index contributed by atoms with van der Waals surface area (Å²) in [6.45, 7) is 6.61. The van der Waals surface area contributed by atoms with Crippen molar-refractivity contribution < 1.29 is 52.1 Å². The van der Waals surface area contributed by atoms with Crippen molar-refractivity contribution in [3.8, 4) is 11.5 Å². The standard InChI is InChI=1S/C21H20IO.CHF3O3S/c1-15-13-16(2)21(17(3)14-15)22-18-9-11-20(12-10-18)23-19-7-5-4-6-8-19;2-1(3,4)8(5,6)7/h4-14H,1-3H3;(H,5,6,7)/q+1;/p-1. The molecule has 0 aromatic heterocycles. The van der Waals surface area contributed by atoms with Crippen molar-refractivity contribution in [3.05, 3.63) is 90.6 Å². The number of rotatable bonds is 4. The van der Waals surface area contributed by atoms with Crippen LogP contribution in [-0.4, -0.2) is 18.5 Å². The number of hydrogen-bond donors (Lipinski definition) is 0. The maximum Gasteiger partial charge on any atom is 0.485 e. The molecule has 0 radical (unpaired) electrons. The normalized spacial score (nSPS) is 11.5. The van der Waals surface area contributed by atoms with E-state index in [-0.39, 0.29) is 21.2 Å². The van der Waals surface area contributed by atoms with E-state index < -0.39 is 15.6 Å². The minimum Gasteiger partial charge on any atom is -0.741 e. The van der Waals surface area contributed by atoms with Crippen LogP contribution in [0.2, 0.25) is 0 Å². The maximum atomic E-state index is 10.7. The first-order valence-corrected chi connectivity index (χ1v) is 12.5. The highest BCUT2D eigenvalue weighted by atomic mass is 127. The van der Waals surface area contributed by atoms with E-state index >= 15 is 0 Å². The van der Waals surface area contributed by atoms with Crippen LogP contribution in [0.5, 0.6) is 11.5 Å². The Balaban J connectivity index is 0.000000366. The average molecular weight is 564 g/mol. The Morgan fingerprint density at radius 2 is 1.29 bits per heavy atom. The highest BCUT2D eigenvalue weighted by Crippen LogP contribution is 2.21. The number of para-hydroxylation sites is 1. The lowest BCUT2D eigenvalue weighted by atomic mass is 10.1. The summed E-state index contributed by atoms with van der Waals surface area (Å²) in [6, 6.07) is 23.0. The molecule has 0 aliphatic carbocycles. The smallest absolute Gasteiger partial charge is 0.485 e. The van der Waals surface area contributed by atoms with Gasteiger partial charge in [0.1, 0.15) is 11.5 Å². The summed E-state index contributed by atoms with van der Waals surface area (Å²) in [7, 11) is -6.09. The van der Waals surface area contributed by atoms with Gasteiger partial charge >= 0.3 is 26.7 Å². The van der Waals surface area contributed by atoms with E-state index in [0.29, 0.717) is 0 Å². The lowest BCUT2D eigenvalue weighted by molar-refractivity contribution is -0.598. The molecular formula is C22H20F3IO4S. The van der Waals surface area contributed by atoms with Crippen molar-refractivity contribution in [1.82, 2.24) is 0 Å². The largest absolute Gasteiger partial charge is 0.741 e. The van der Waals surface area contributed by atoms with Gasteiger partial charge in [-0.15, -0.1) is 0 Å². The molecule has 0 aliphatic rings. The van der Waals surface area contributed by atoms with Gasteiger partial charge in [0.2, 0.25) is 0 Å². The van der Waals surface area contributed by atoms with E-state index in [1.165, 1.54) is 23.8 Å². The molecule has 0 unspecified atom stereocenters. The molecule has 0 atom stereocenters. The van der Waals surface area contributed by atoms with Crippen LogP contribution < -0.4 is 25.9 Å². The molecule has 0 amide bonds.